The Kier molecular flexibility index (Phi) is 4.51. The zero-order valence-corrected chi connectivity index (χ0v) is 15.6. The molecule has 0 unspecified atom stereocenters. The van der Waals surface area contributed by atoms with Crippen LogP contribution < -0.4 is 0 Å². The molecule has 2 aromatic heterocycles. The highest BCUT2D eigenvalue weighted by molar-refractivity contribution is 7.89. The van der Waals surface area contributed by atoms with Crippen LogP contribution in [0.15, 0.2) is 52.0 Å². The number of benzene rings is 1. The molecule has 9 heteroatoms. The summed E-state index contributed by atoms with van der Waals surface area (Å²) >= 11 is 5.30. The van der Waals surface area contributed by atoms with Crippen LogP contribution in [-0.2, 0) is 16.6 Å². The number of aromatic amines is 1. The van der Waals surface area contributed by atoms with E-state index in [-0.39, 0.29) is 0 Å². The van der Waals surface area contributed by atoms with Crippen molar-refractivity contribution < 1.29 is 12.8 Å². The van der Waals surface area contributed by atoms with Crippen molar-refractivity contribution in [3.05, 3.63) is 53.2 Å². The highest BCUT2D eigenvalue weighted by Crippen LogP contribution is 2.24. The van der Waals surface area contributed by atoms with E-state index in [4.69, 9.17) is 16.6 Å². The van der Waals surface area contributed by atoms with Gasteiger partial charge in [0.1, 0.15) is 5.76 Å². The summed E-state index contributed by atoms with van der Waals surface area (Å²) in [6.07, 6.45) is 3.44. The number of H-pyrrole nitrogens is 1. The molecule has 0 spiro atoms. The van der Waals surface area contributed by atoms with Crippen LogP contribution in [0.5, 0.6) is 0 Å². The van der Waals surface area contributed by atoms with E-state index >= 15 is 0 Å². The Morgan fingerprint density at radius 2 is 1.88 bits per heavy atom. The van der Waals surface area contributed by atoms with Crippen molar-refractivity contribution >= 4 is 22.2 Å². The van der Waals surface area contributed by atoms with E-state index in [1.54, 1.807) is 30.5 Å². The second-order valence-electron chi connectivity index (χ2n) is 6.15. The third kappa shape index (κ3) is 3.13. The van der Waals surface area contributed by atoms with Gasteiger partial charge in [0.25, 0.3) is 0 Å². The third-order valence-electron chi connectivity index (χ3n) is 4.47. The van der Waals surface area contributed by atoms with Crippen LogP contribution in [-0.4, -0.2) is 40.6 Å². The van der Waals surface area contributed by atoms with Crippen LogP contribution in [0.4, 0.5) is 0 Å². The van der Waals surface area contributed by atoms with Crippen LogP contribution in [0.2, 0.25) is 0 Å². The number of nitrogens with one attached hydrogen (secondary N) is 1. The van der Waals surface area contributed by atoms with Crippen molar-refractivity contribution in [1.82, 2.24) is 19.1 Å². The zero-order chi connectivity index (χ0) is 18.1. The minimum atomic E-state index is -3.42. The maximum Gasteiger partial charge on any atom is 0.243 e. The van der Waals surface area contributed by atoms with E-state index < -0.39 is 10.0 Å². The van der Waals surface area contributed by atoms with E-state index in [0.29, 0.717) is 35.1 Å². The normalized spacial score (nSPS) is 15.5. The number of rotatable bonds is 5. The van der Waals surface area contributed by atoms with Gasteiger partial charge in [0.05, 0.1) is 17.7 Å². The summed E-state index contributed by atoms with van der Waals surface area (Å²) in [4.78, 5) is 0.301. The average molecular weight is 390 g/mol. The lowest BCUT2D eigenvalue weighted by Crippen LogP contribution is -2.27. The fourth-order valence-electron chi connectivity index (χ4n) is 3.10. The molecule has 0 bridgehead atoms. The molecule has 1 aliphatic heterocycles. The zero-order valence-electron chi connectivity index (χ0n) is 14.0. The predicted molar refractivity (Wildman–Crippen MR) is 98.7 cm³/mol. The molecule has 0 atom stereocenters. The van der Waals surface area contributed by atoms with Crippen molar-refractivity contribution in [1.29, 1.82) is 0 Å². The summed E-state index contributed by atoms with van der Waals surface area (Å²) in [5.41, 5.74) is 0.782. The lowest BCUT2D eigenvalue weighted by molar-refractivity contribution is 0.477. The largest absolute Gasteiger partial charge is 0.467 e. The smallest absolute Gasteiger partial charge is 0.243 e. The molecule has 1 fully saturated rings. The van der Waals surface area contributed by atoms with Gasteiger partial charge in [0.15, 0.2) is 10.6 Å². The molecule has 0 radical (unpaired) electrons. The van der Waals surface area contributed by atoms with Gasteiger partial charge in [-0.2, -0.15) is 9.40 Å². The average Bonchev–Trinajstić information content (AvgIpc) is 3.39. The van der Waals surface area contributed by atoms with Gasteiger partial charge in [0.2, 0.25) is 10.0 Å². The Balaban J connectivity index is 1.65. The summed E-state index contributed by atoms with van der Waals surface area (Å²) in [6, 6.07) is 10.4. The van der Waals surface area contributed by atoms with Gasteiger partial charge in [-0.25, -0.2) is 8.42 Å². The lowest BCUT2D eigenvalue weighted by atomic mass is 10.2. The summed E-state index contributed by atoms with van der Waals surface area (Å²) in [7, 11) is -3.42. The Hall–Kier alpha value is -2.23. The van der Waals surface area contributed by atoms with Gasteiger partial charge < -0.3 is 4.42 Å². The molecule has 26 heavy (non-hydrogen) atoms. The molecular weight excluding hydrogens is 372 g/mol. The second kappa shape index (κ2) is 6.82. The molecular formula is C17H18N4O3S2. The van der Waals surface area contributed by atoms with E-state index in [1.165, 1.54) is 4.31 Å². The minimum absolute atomic E-state index is 0.301. The molecule has 0 saturated carbocycles. The van der Waals surface area contributed by atoms with Crippen molar-refractivity contribution in [2.24, 2.45) is 0 Å². The molecule has 1 saturated heterocycles. The second-order valence-corrected chi connectivity index (χ2v) is 8.48. The molecule has 1 N–H and O–H groups in total. The minimum Gasteiger partial charge on any atom is -0.467 e. The number of hydrogen-bond donors (Lipinski definition) is 1. The number of sulfonamides is 1. The van der Waals surface area contributed by atoms with E-state index in [1.807, 2.05) is 16.7 Å². The Labute approximate surface area is 156 Å². The topological polar surface area (TPSA) is 84.1 Å². The summed E-state index contributed by atoms with van der Waals surface area (Å²) in [5, 5.41) is 7.07. The fourth-order valence-corrected chi connectivity index (χ4v) is 4.81. The summed E-state index contributed by atoms with van der Waals surface area (Å²) in [6.45, 7) is 1.63. The van der Waals surface area contributed by atoms with Crippen molar-refractivity contribution in [2.45, 2.75) is 24.3 Å². The van der Waals surface area contributed by atoms with Gasteiger partial charge >= 0.3 is 0 Å². The number of nitrogens with zero attached hydrogens (tertiary/aromatic N) is 3. The van der Waals surface area contributed by atoms with Gasteiger partial charge in [-0.1, -0.05) is 0 Å². The maximum atomic E-state index is 12.6. The summed E-state index contributed by atoms with van der Waals surface area (Å²) < 4.78 is 34.5. The molecule has 0 amide bonds. The molecule has 136 valence electrons. The van der Waals surface area contributed by atoms with Gasteiger partial charge in [-0.05, 0) is 61.5 Å². The number of furan rings is 1. The lowest BCUT2D eigenvalue weighted by Gasteiger charge is -2.15. The molecule has 1 aliphatic rings. The Morgan fingerprint density at radius 3 is 2.54 bits per heavy atom. The van der Waals surface area contributed by atoms with Crippen LogP contribution in [0.1, 0.15) is 18.6 Å². The fraction of sp³-hybridized carbons (Fsp3) is 0.294. The molecule has 7 nitrogen and oxygen atoms in total. The maximum absolute atomic E-state index is 12.6. The Morgan fingerprint density at radius 1 is 1.15 bits per heavy atom. The third-order valence-corrected chi connectivity index (χ3v) is 6.69. The summed E-state index contributed by atoms with van der Waals surface area (Å²) in [5.74, 6) is 1.40. The first-order chi connectivity index (χ1) is 12.6. The highest BCUT2D eigenvalue weighted by atomic mass is 32.2. The first-order valence-corrected chi connectivity index (χ1v) is 10.2. The van der Waals surface area contributed by atoms with E-state index in [9.17, 15) is 8.42 Å². The van der Waals surface area contributed by atoms with Crippen molar-refractivity contribution in [3.8, 4) is 11.4 Å². The Bertz CT molecular complexity index is 1040. The SMILES string of the molecule is O=S(=O)(c1ccc(-c2n[nH]c(=S)n2Cc2ccco2)cc1)N1CCCC1. The first kappa shape index (κ1) is 17.2. The highest BCUT2D eigenvalue weighted by Gasteiger charge is 2.27. The van der Waals surface area contributed by atoms with Gasteiger partial charge in [-0.15, -0.1) is 0 Å². The van der Waals surface area contributed by atoms with E-state index in [0.717, 1.165) is 24.2 Å². The standard InChI is InChI=1S/C17H18N4O3S2/c22-26(23,20-9-1-2-10-20)15-7-5-13(6-8-15)16-18-19-17(25)21(16)12-14-4-3-11-24-14/h3-8,11H,1-2,9-10,12H2,(H,19,25). The van der Waals surface area contributed by atoms with Gasteiger partial charge in [-0.3, -0.25) is 9.67 Å². The first-order valence-electron chi connectivity index (χ1n) is 8.34. The molecule has 4 rings (SSSR count). The van der Waals surface area contributed by atoms with Crippen molar-refractivity contribution in [2.75, 3.05) is 13.1 Å². The number of aromatic nitrogens is 3. The predicted octanol–water partition coefficient (Wildman–Crippen LogP) is 3.03. The monoisotopic (exact) mass is 390 g/mol. The van der Waals surface area contributed by atoms with Crippen molar-refractivity contribution in [3.63, 3.8) is 0 Å². The molecule has 1 aromatic carbocycles. The molecule has 3 heterocycles. The van der Waals surface area contributed by atoms with Gasteiger partial charge in [0, 0.05) is 18.7 Å². The van der Waals surface area contributed by atoms with Crippen LogP contribution in [0, 0.1) is 4.77 Å². The van der Waals surface area contributed by atoms with E-state index in [2.05, 4.69) is 10.2 Å². The quantitative estimate of drug-likeness (QED) is 0.677. The molecule has 0 aliphatic carbocycles. The number of hydrogen-bond acceptors (Lipinski definition) is 5. The van der Waals surface area contributed by atoms with Crippen LogP contribution in [0.3, 0.4) is 0 Å². The van der Waals surface area contributed by atoms with Crippen LogP contribution >= 0.6 is 12.2 Å². The molecule has 3 aromatic rings. The van der Waals surface area contributed by atoms with Crippen LogP contribution in [0.25, 0.3) is 11.4 Å².